The summed E-state index contributed by atoms with van der Waals surface area (Å²) in [7, 11) is 0. The van der Waals surface area contributed by atoms with Gasteiger partial charge in [0, 0.05) is 0 Å². The van der Waals surface area contributed by atoms with E-state index in [4.69, 9.17) is 66.1 Å². The molecule has 0 aliphatic carbocycles. The van der Waals surface area contributed by atoms with E-state index in [9.17, 15) is 0 Å². The van der Waals surface area contributed by atoms with Gasteiger partial charge in [-0.3, -0.25) is 21.0 Å². The van der Waals surface area contributed by atoms with Crippen LogP contribution >= 0.6 is 0 Å². The summed E-state index contributed by atoms with van der Waals surface area (Å²) in [4.78, 5) is 25.7. The predicted octanol–water partition coefficient (Wildman–Crippen LogP) is 0.702. The van der Waals surface area contributed by atoms with E-state index in [0.29, 0.717) is 0 Å². The van der Waals surface area contributed by atoms with Crippen LogP contribution in [0.5, 0.6) is 0 Å². The van der Waals surface area contributed by atoms with Crippen LogP contribution in [0.3, 0.4) is 0 Å². The smallest absolute Gasteiger partial charge is 0.450 e. The summed E-state index contributed by atoms with van der Waals surface area (Å²) in [6.45, 7) is 0. The zero-order chi connectivity index (χ0) is 14.7. The van der Waals surface area contributed by atoms with Crippen molar-refractivity contribution < 1.29 is 66.1 Å². The van der Waals surface area contributed by atoms with Crippen LogP contribution in [-0.4, -0.2) is 70.1 Å². The van der Waals surface area contributed by atoms with E-state index in [2.05, 4.69) is 0 Å². The molecule has 0 aliphatic heterocycles. The van der Waals surface area contributed by atoms with E-state index in [1.54, 1.807) is 0 Å². The van der Waals surface area contributed by atoms with Gasteiger partial charge in [0.05, 0.1) is 0 Å². The Balaban J connectivity index is -0.0000000327. The third kappa shape index (κ3) is 239. The van der Waals surface area contributed by atoms with Gasteiger partial charge in [-0.15, -0.1) is 0 Å². The summed E-state index contributed by atoms with van der Waals surface area (Å²) < 4.78 is 0. The highest BCUT2D eigenvalue weighted by atomic mass is 17.0. The number of rotatable bonds is 0. The molecule has 0 unspecified atom stereocenters. The van der Waals surface area contributed by atoms with E-state index >= 15 is 0 Å². The highest BCUT2D eigenvalue weighted by Crippen LogP contribution is 1.43. The minimum Gasteiger partial charge on any atom is -0.450 e. The van der Waals surface area contributed by atoms with Gasteiger partial charge in [-0.2, -0.15) is 0 Å². The second-order valence-electron chi connectivity index (χ2n) is 0.848. The summed E-state index contributed by atoms with van der Waals surface area (Å²) in [5.41, 5.74) is 0. The molecule has 0 aromatic rings. The standard InChI is InChI=1S/3CH2O3.2H2O2/c3*2-1(3)4;2*1-2/h3*(H2,2,3,4);2*1-2H. The zero-order valence-electron chi connectivity index (χ0n) is 7.20. The van der Waals surface area contributed by atoms with Gasteiger partial charge in [-0.1, -0.05) is 0 Å². The van der Waals surface area contributed by atoms with Crippen molar-refractivity contribution in [1.82, 2.24) is 0 Å². The Labute approximate surface area is 85.8 Å². The Hall–Kier alpha value is -2.35. The zero-order valence-corrected chi connectivity index (χ0v) is 7.20. The molecule has 0 atom stereocenters. The fourth-order valence-electron chi connectivity index (χ4n) is 0. The molecule has 0 fully saturated rings. The molecule has 0 aliphatic rings. The van der Waals surface area contributed by atoms with Gasteiger partial charge in [0.2, 0.25) is 0 Å². The lowest BCUT2D eigenvalue weighted by Gasteiger charge is -1.60. The van der Waals surface area contributed by atoms with Gasteiger partial charge in [-0.25, -0.2) is 14.4 Å². The molecule has 100 valence electrons. The minimum absolute atomic E-state index is 1.83. The molecule has 0 rings (SSSR count). The lowest BCUT2D eigenvalue weighted by atomic mass is 11.5. The van der Waals surface area contributed by atoms with E-state index in [-0.39, 0.29) is 0 Å². The summed E-state index contributed by atoms with van der Waals surface area (Å²) in [5.74, 6) is 0. The van der Waals surface area contributed by atoms with Crippen LogP contribution in [0.2, 0.25) is 0 Å². The summed E-state index contributed by atoms with van der Waals surface area (Å²) >= 11 is 0. The maximum atomic E-state index is 8.56. The van der Waals surface area contributed by atoms with Crippen molar-refractivity contribution in [1.29, 1.82) is 0 Å². The van der Waals surface area contributed by atoms with E-state index in [1.807, 2.05) is 0 Å². The molecule has 13 nitrogen and oxygen atoms in total. The van der Waals surface area contributed by atoms with E-state index in [1.165, 1.54) is 0 Å². The van der Waals surface area contributed by atoms with Crippen LogP contribution in [0.1, 0.15) is 0 Å². The second-order valence-corrected chi connectivity index (χ2v) is 0.848. The highest BCUT2D eigenvalue weighted by molar-refractivity contribution is 5.53. The molecule has 13 heteroatoms. The molecular weight excluding hydrogens is 244 g/mol. The average Bonchev–Trinajstić information content (AvgIpc) is 2.07. The van der Waals surface area contributed by atoms with Crippen LogP contribution in [0, 0.1) is 0 Å². The van der Waals surface area contributed by atoms with Gasteiger partial charge >= 0.3 is 18.5 Å². The molecule has 0 radical (unpaired) electrons. The van der Waals surface area contributed by atoms with Crippen molar-refractivity contribution in [3.8, 4) is 0 Å². The first-order valence-corrected chi connectivity index (χ1v) is 2.35. The van der Waals surface area contributed by atoms with Gasteiger partial charge in [0.25, 0.3) is 0 Å². The highest BCUT2D eigenvalue weighted by Gasteiger charge is 1.70. The Morgan fingerprint density at radius 2 is 0.438 bits per heavy atom. The Kier molecular flexibility index (Phi) is 70.8. The summed E-state index contributed by atoms with van der Waals surface area (Å²) in [6.07, 6.45) is -5.50. The van der Waals surface area contributed by atoms with Crippen molar-refractivity contribution in [2.24, 2.45) is 0 Å². The molecule has 0 amide bonds. The third-order valence-corrected chi connectivity index (χ3v) is 0. The van der Waals surface area contributed by atoms with E-state index in [0.717, 1.165) is 0 Å². The molecule has 0 saturated heterocycles. The van der Waals surface area contributed by atoms with Crippen molar-refractivity contribution in [2.45, 2.75) is 0 Å². The van der Waals surface area contributed by atoms with Crippen molar-refractivity contribution in [3.63, 3.8) is 0 Å². The van der Waals surface area contributed by atoms with Gasteiger partial charge in [0.1, 0.15) is 0 Å². The minimum atomic E-state index is -1.83. The first kappa shape index (κ1) is 29.2. The van der Waals surface area contributed by atoms with Crippen molar-refractivity contribution in [2.75, 3.05) is 0 Å². The summed E-state index contributed by atoms with van der Waals surface area (Å²) in [5, 5.41) is 65.8. The molecule has 0 aromatic carbocycles. The van der Waals surface area contributed by atoms with Gasteiger partial charge < -0.3 is 30.6 Å². The SMILES string of the molecule is O=C(O)O.O=C(O)O.O=C(O)O.OO.OO. The van der Waals surface area contributed by atoms with Gasteiger partial charge in [-0.05, 0) is 0 Å². The normalized spacial score (nSPS) is 5.25. The number of carboxylic acid groups (broad SMARTS) is 6. The Bertz CT molecular complexity index is 109. The number of hydrogen-bond donors (Lipinski definition) is 10. The van der Waals surface area contributed by atoms with Crippen LogP contribution in [0.25, 0.3) is 0 Å². The quantitative estimate of drug-likeness (QED) is 0.211. The van der Waals surface area contributed by atoms with Crippen LogP contribution < -0.4 is 0 Å². The summed E-state index contributed by atoms with van der Waals surface area (Å²) in [6, 6.07) is 0. The monoisotopic (exact) mass is 254 g/mol. The third-order valence-electron chi connectivity index (χ3n) is 0. The molecule has 0 aromatic heterocycles. The fourth-order valence-corrected chi connectivity index (χ4v) is 0. The fraction of sp³-hybridized carbons (Fsp3) is 0. The average molecular weight is 254 g/mol. The number of carbonyl (C=O) groups is 3. The Morgan fingerprint density at radius 1 is 0.438 bits per heavy atom. The topological polar surface area (TPSA) is 254 Å². The first-order valence-electron chi connectivity index (χ1n) is 2.35. The van der Waals surface area contributed by atoms with Gasteiger partial charge in [0.15, 0.2) is 0 Å². The molecule has 0 spiro atoms. The first-order chi connectivity index (χ1) is 7.20. The van der Waals surface area contributed by atoms with Crippen LogP contribution in [-0.2, 0) is 0 Å². The van der Waals surface area contributed by atoms with Crippen LogP contribution in [0.4, 0.5) is 14.4 Å². The molecule has 16 heavy (non-hydrogen) atoms. The van der Waals surface area contributed by atoms with Crippen LogP contribution in [0.15, 0.2) is 0 Å². The predicted molar refractivity (Wildman–Crippen MR) is 42.5 cm³/mol. The largest absolute Gasteiger partial charge is 0.503 e. The molecular formula is C3H10O13. The lowest BCUT2D eigenvalue weighted by molar-refractivity contribution is -0.176. The Morgan fingerprint density at radius 3 is 0.438 bits per heavy atom. The molecule has 0 bridgehead atoms. The lowest BCUT2D eigenvalue weighted by Crippen LogP contribution is -1.81. The van der Waals surface area contributed by atoms with Crippen molar-refractivity contribution >= 4 is 18.5 Å². The maximum Gasteiger partial charge on any atom is 0.503 e. The second kappa shape index (κ2) is 38.8. The molecule has 0 heterocycles. The molecule has 10 N–H and O–H groups in total. The van der Waals surface area contributed by atoms with E-state index < -0.39 is 18.5 Å². The van der Waals surface area contributed by atoms with Crippen molar-refractivity contribution in [3.05, 3.63) is 0 Å². The molecule has 0 saturated carbocycles. The maximum absolute atomic E-state index is 8.56. The number of hydrogen-bond acceptors (Lipinski definition) is 7.